The second-order valence-corrected chi connectivity index (χ2v) is 12.7. The number of halogens is 1. The van der Waals surface area contributed by atoms with Crippen molar-refractivity contribution in [2.45, 2.75) is 82.8 Å². The highest BCUT2D eigenvalue weighted by Gasteiger charge is 2.41. The van der Waals surface area contributed by atoms with Crippen molar-refractivity contribution in [1.82, 2.24) is 14.7 Å². The minimum absolute atomic E-state index is 0.0487. The molecule has 2 aromatic carbocycles. The van der Waals surface area contributed by atoms with Crippen molar-refractivity contribution in [3.05, 3.63) is 64.7 Å². The summed E-state index contributed by atoms with van der Waals surface area (Å²) in [7, 11) is 0. The monoisotopic (exact) mass is 551 g/mol. The third-order valence-corrected chi connectivity index (χ3v) is 9.37. The molecule has 212 valence electrons. The summed E-state index contributed by atoms with van der Waals surface area (Å²) in [5.74, 6) is 1.02. The molecule has 1 amide bonds. The molecule has 3 heterocycles. The lowest BCUT2D eigenvalue weighted by Crippen LogP contribution is -2.47. The topological polar surface area (TPSA) is 36.0 Å². The van der Waals surface area contributed by atoms with E-state index in [0.29, 0.717) is 6.42 Å². The molecule has 1 atom stereocenters. The van der Waals surface area contributed by atoms with Crippen LogP contribution in [0.3, 0.4) is 0 Å². The highest BCUT2D eigenvalue weighted by Crippen LogP contribution is 2.39. The Morgan fingerprint density at radius 1 is 1.00 bits per heavy atom. The van der Waals surface area contributed by atoms with E-state index in [1.54, 1.807) is 0 Å². The first-order chi connectivity index (χ1) is 18.9. The Bertz CT molecular complexity index is 1090. The minimum atomic E-state index is -0.0487. The Morgan fingerprint density at radius 3 is 2.51 bits per heavy atom. The van der Waals surface area contributed by atoms with Gasteiger partial charge in [0.25, 0.3) is 0 Å². The Balaban J connectivity index is 1.22. The first kappa shape index (κ1) is 28.4. The summed E-state index contributed by atoms with van der Waals surface area (Å²) in [5.41, 5.74) is 2.24. The molecule has 0 aliphatic carbocycles. The van der Waals surface area contributed by atoms with Crippen molar-refractivity contribution >= 4 is 17.5 Å². The summed E-state index contributed by atoms with van der Waals surface area (Å²) < 4.78 is 5.85. The Hall–Kier alpha value is -2.08. The zero-order chi connectivity index (χ0) is 27.2. The van der Waals surface area contributed by atoms with Crippen molar-refractivity contribution in [1.29, 1.82) is 0 Å². The molecular formula is C33H46ClN3O2. The fraction of sp³-hybridized carbons (Fsp3) is 0.606. The number of piperidine rings is 2. The van der Waals surface area contributed by atoms with Gasteiger partial charge in [0.2, 0.25) is 5.91 Å². The van der Waals surface area contributed by atoms with Crippen LogP contribution in [0.15, 0.2) is 48.5 Å². The summed E-state index contributed by atoms with van der Waals surface area (Å²) in [4.78, 5) is 21.0. The zero-order valence-electron chi connectivity index (χ0n) is 23.9. The minimum Gasteiger partial charge on any atom is -0.491 e. The molecule has 3 aliphatic heterocycles. The lowest BCUT2D eigenvalue weighted by molar-refractivity contribution is -0.129. The summed E-state index contributed by atoms with van der Waals surface area (Å²) in [6.07, 6.45) is 9.28. The molecule has 5 nitrogen and oxygen atoms in total. The molecule has 0 radical (unpaired) electrons. The smallest absolute Gasteiger partial charge is 0.227 e. The predicted octanol–water partition coefficient (Wildman–Crippen LogP) is 6.18. The number of hydrogen-bond acceptors (Lipinski definition) is 4. The average molecular weight is 552 g/mol. The van der Waals surface area contributed by atoms with E-state index >= 15 is 0 Å². The molecule has 2 aromatic rings. The zero-order valence-corrected chi connectivity index (χ0v) is 24.7. The maximum Gasteiger partial charge on any atom is 0.227 e. The number of carbonyl (C=O) groups excluding carboxylic acids is 1. The van der Waals surface area contributed by atoms with E-state index in [9.17, 15) is 4.79 Å². The molecule has 0 unspecified atom stereocenters. The Morgan fingerprint density at radius 2 is 1.77 bits per heavy atom. The molecule has 5 rings (SSSR count). The van der Waals surface area contributed by atoms with Crippen LogP contribution in [0.5, 0.6) is 5.75 Å². The van der Waals surface area contributed by atoms with Gasteiger partial charge in [-0.15, -0.1) is 0 Å². The van der Waals surface area contributed by atoms with Gasteiger partial charge in [-0.2, -0.15) is 0 Å². The van der Waals surface area contributed by atoms with E-state index in [-0.39, 0.29) is 17.4 Å². The van der Waals surface area contributed by atoms with Gasteiger partial charge in [0.05, 0.1) is 12.5 Å². The molecule has 39 heavy (non-hydrogen) atoms. The quantitative estimate of drug-likeness (QED) is 0.373. The van der Waals surface area contributed by atoms with E-state index in [4.69, 9.17) is 16.3 Å². The van der Waals surface area contributed by atoms with E-state index in [1.165, 1.54) is 63.8 Å². The number of likely N-dealkylation sites (tertiary alicyclic amines) is 3. The highest BCUT2D eigenvalue weighted by atomic mass is 35.5. The van der Waals surface area contributed by atoms with Crippen molar-refractivity contribution in [2.24, 2.45) is 0 Å². The number of carbonyl (C=O) groups is 1. The number of benzene rings is 2. The normalized spacial score (nSPS) is 23.4. The maximum absolute atomic E-state index is 13.5. The molecule has 0 saturated carbocycles. The number of rotatable bonds is 9. The van der Waals surface area contributed by atoms with Gasteiger partial charge in [-0.1, -0.05) is 42.3 Å². The van der Waals surface area contributed by atoms with E-state index in [1.807, 2.05) is 44.2 Å². The largest absolute Gasteiger partial charge is 0.491 e. The summed E-state index contributed by atoms with van der Waals surface area (Å²) in [6.45, 7) is 11.6. The first-order valence-electron chi connectivity index (χ1n) is 15.2. The van der Waals surface area contributed by atoms with Crippen LogP contribution in [0, 0.1) is 0 Å². The van der Waals surface area contributed by atoms with Gasteiger partial charge in [-0.25, -0.2) is 0 Å². The van der Waals surface area contributed by atoms with Crippen molar-refractivity contribution < 1.29 is 9.53 Å². The first-order valence-corrected chi connectivity index (χ1v) is 15.5. The number of hydrogen-bond donors (Lipinski definition) is 0. The number of ether oxygens (including phenoxy) is 1. The molecule has 6 heteroatoms. The average Bonchev–Trinajstić information content (AvgIpc) is 3.39. The van der Waals surface area contributed by atoms with Gasteiger partial charge in [0, 0.05) is 29.6 Å². The van der Waals surface area contributed by atoms with Crippen molar-refractivity contribution in [2.75, 3.05) is 45.8 Å². The Labute approximate surface area is 240 Å². The molecule has 0 N–H and O–H groups in total. The molecule has 0 spiro atoms. The maximum atomic E-state index is 13.5. The van der Waals surface area contributed by atoms with Crippen LogP contribution >= 0.6 is 11.6 Å². The van der Waals surface area contributed by atoms with Gasteiger partial charge in [0.1, 0.15) is 5.75 Å². The summed E-state index contributed by atoms with van der Waals surface area (Å²) >= 11 is 6.47. The van der Waals surface area contributed by atoms with Crippen LogP contribution in [-0.4, -0.2) is 78.6 Å². The fourth-order valence-electron chi connectivity index (χ4n) is 6.94. The van der Waals surface area contributed by atoms with Crippen LogP contribution in [-0.2, 0) is 16.6 Å². The third-order valence-electron chi connectivity index (χ3n) is 9.14. The molecule has 3 saturated heterocycles. The van der Waals surface area contributed by atoms with E-state index in [0.717, 1.165) is 54.9 Å². The molecule has 0 aromatic heterocycles. The second-order valence-electron chi connectivity index (χ2n) is 12.3. The third kappa shape index (κ3) is 7.36. The predicted molar refractivity (Wildman–Crippen MR) is 160 cm³/mol. The van der Waals surface area contributed by atoms with Crippen LogP contribution in [0.1, 0.15) is 69.9 Å². The molecule has 0 bridgehead atoms. The summed E-state index contributed by atoms with van der Waals surface area (Å²) in [5, 5.41) is 0.779. The van der Waals surface area contributed by atoms with Gasteiger partial charge in [-0.05, 0) is 120 Å². The fourth-order valence-corrected chi connectivity index (χ4v) is 7.13. The van der Waals surface area contributed by atoms with Gasteiger partial charge >= 0.3 is 0 Å². The van der Waals surface area contributed by atoms with E-state index in [2.05, 4.69) is 32.9 Å². The molecule has 3 fully saturated rings. The lowest BCUT2D eigenvalue weighted by Gasteiger charge is -2.41. The van der Waals surface area contributed by atoms with Crippen molar-refractivity contribution in [3.8, 4) is 5.75 Å². The number of amides is 1. The SMILES string of the molecule is CC(C)Oc1cccc(CC(=O)N2CC[C@@](CCN3CCC(N4CCCCC4)CC3)(c3cccc(Cl)c3)C2)c1. The standard InChI is InChI=1S/C33H46ClN3O2/c1-26(2)39-31-11-6-8-27(22-31)23-32(38)37-21-15-33(25-37,28-9-7-10-29(34)24-28)14-20-35-18-12-30(13-19-35)36-16-4-3-5-17-36/h6-11,22,24,26,30H,3-5,12-21,23,25H2,1-2H3/t33-/m1/s1. The number of nitrogens with zero attached hydrogens (tertiary/aromatic N) is 3. The van der Waals surface area contributed by atoms with Crippen molar-refractivity contribution in [3.63, 3.8) is 0 Å². The molecule has 3 aliphatic rings. The van der Waals surface area contributed by atoms with E-state index < -0.39 is 0 Å². The van der Waals surface area contributed by atoms with Gasteiger partial charge < -0.3 is 19.4 Å². The van der Waals surface area contributed by atoms with Crippen LogP contribution in [0.4, 0.5) is 0 Å². The van der Waals surface area contributed by atoms with Gasteiger partial charge in [-0.3, -0.25) is 4.79 Å². The van der Waals surface area contributed by atoms with Crippen LogP contribution in [0.25, 0.3) is 0 Å². The molecular weight excluding hydrogens is 506 g/mol. The lowest BCUT2D eigenvalue weighted by atomic mass is 9.76. The van der Waals surface area contributed by atoms with Gasteiger partial charge in [0.15, 0.2) is 0 Å². The highest BCUT2D eigenvalue weighted by molar-refractivity contribution is 6.30. The van der Waals surface area contributed by atoms with Crippen LogP contribution in [0.2, 0.25) is 5.02 Å². The second kappa shape index (κ2) is 13.1. The van der Waals surface area contributed by atoms with Crippen LogP contribution < -0.4 is 4.74 Å². The Kier molecular flexibility index (Phi) is 9.52. The summed E-state index contributed by atoms with van der Waals surface area (Å²) in [6, 6.07) is 17.1.